The first-order chi connectivity index (χ1) is 21.4. The molecule has 2 bridgehead atoms. The van der Waals surface area contributed by atoms with E-state index in [0.717, 1.165) is 27.5 Å². The summed E-state index contributed by atoms with van der Waals surface area (Å²) in [5.74, 6) is -0.829. The molecule has 10 heteroatoms. The van der Waals surface area contributed by atoms with Crippen molar-refractivity contribution in [1.82, 2.24) is 4.98 Å². The average Bonchev–Trinajstić information content (AvgIpc) is 3.76. The second-order valence-electron chi connectivity index (χ2n) is 12.0. The molecule has 8 nitrogen and oxygen atoms in total. The highest BCUT2D eigenvalue weighted by Crippen LogP contribution is 2.69. The van der Waals surface area contributed by atoms with Gasteiger partial charge in [-0.2, -0.15) is 0 Å². The Labute approximate surface area is 261 Å². The quantitative estimate of drug-likeness (QED) is 0.277. The largest absolute Gasteiger partial charge is 0.483 e. The number of aryl methyl sites for hydroxylation is 1. The van der Waals surface area contributed by atoms with Crippen molar-refractivity contribution in [2.75, 3.05) is 16.8 Å². The summed E-state index contributed by atoms with van der Waals surface area (Å²) in [4.78, 5) is 58.5. The van der Waals surface area contributed by atoms with Crippen LogP contribution in [0.2, 0.25) is 0 Å². The van der Waals surface area contributed by atoms with Gasteiger partial charge in [0.15, 0.2) is 6.61 Å². The van der Waals surface area contributed by atoms with E-state index in [1.807, 2.05) is 85.8 Å². The molecule has 0 spiro atoms. The highest BCUT2D eigenvalue weighted by molar-refractivity contribution is 8.00. The Morgan fingerprint density at radius 3 is 2.41 bits per heavy atom. The molecule has 2 N–H and O–H groups in total. The molecule has 8 rings (SSSR count). The van der Waals surface area contributed by atoms with Crippen LogP contribution in [-0.4, -0.2) is 34.6 Å². The van der Waals surface area contributed by atoms with E-state index in [1.54, 1.807) is 11.8 Å². The Hall–Kier alpha value is -4.15. The van der Waals surface area contributed by atoms with Crippen molar-refractivity contribution in [2.24, 2.45) is 29.6 Å². The molecule has 0 radical (unpaired) electrons. The number of hydrogen-bond acceptors (Lipinski definition) is 7. The lowest BCUT2D eigenvalue weighted by Gasteiger charge is -2.43. The molecule has 2 aliphatic carbocycles. The number of thiazole rings is 1. The van der Waals surface area contributed by atoms with Crippen molar-refractivity contribution in [1.29, 1.82) is 0 Å². The van der Waals surface area contributed by atoms with Crippen LogP contribution in [0.15, 0.2) is 88.7 Å². The van der Waals surface area contributed by atoms with Gasteiger partial charge in [-0.3, -0.25) is 24.1 Å². The number of aromatic nitrogens is 1. The van der Waals surface area contributed by atoms with Gasteiger partial charge in [-0.1, -0.05) is 65.4 Å². The maximum Gasteiger partial charge on any atom is 0.305 e. The maximum absolute atomic E-state index is 13.9. The van der Waals surface area contributed by atoms with Gasteiger partial charge < -0.3 is 15.0 Å². The molecular weight excluding hydrogens is 595 g/mol. The van der Waals surface area contributed by atoms with Crippen molar-refractivity contribution in [3.8, 4) is 5.75 Å². The van der Waals surface area contributed by atoms with Gasteiger partial charge in [-0.15, -0.1) is 11.8 Å². The highest BCUT2D eigenvalue weighted by Gasteiger charge is 2.69. The molecule has 1 saturated heterocycles. The van der Waals surface area contributed by atoms with Crippen molar-refractivity contribution >= 4 is 52.2 Å². The van der Waals surface area contributed by atoms with E-state index in [-0.39, 0.29) is 70.0 Å². The first kappa shape index (κ1) is 27.4. The van der Waals surface area contributed by atoms with Crippen LogP contribution in [0, 0.1) is 36.5 Å². The number of anilines is 2. The molecule has 44 heavy (non-hydrogen) atoms. The van der Waals surface area contributed by atoms with Crippen LogP contribution in [0.4, 0.5) is 11.4 Å². The van der Waals surface area contributed by atoms with Gasteiger partial charge in [-0.05, 0) is 61.4 Å². The van der Waals surface area contributed by atoms with Gasteiger partial charge >= 0.3 is 4.87 Å². The zero-order chi connectivity index (χ0) is 30.1. The zero-order valence-electron chi connectivity index (χ0n) is 23.8. The van der Waals surface area contributed by atoms with Crippen molar-refractivity contribution in [3.05, 3.63) is 105 Å². The van der Waals surface area contributed by atoms with Crippen LogP contribution < -0.4 is 19.8 Å². The van der Waals surface area contributed by atoms with E-state index in [1.165, 1.54) is 16.2 Å². The Bertz CT molecular complexity index is 1850. The maximum atomic E-state index is 13.9. The molecule has 222 valence electrons. The first-order valence-electron chi connectivity index (χ1n) is 14.8. The number of fused-ring (bicyclic) bond motifs is 9. The van der Waals surface area contributed by atoms with Gasteiger partial charge in [0.1, 0.15) is 5.75 Å². The number of nitrogens with one attached hydrogen (secondary N) is 2. The minimum absolute atomic E-state index is 0.0130. The van der Waals surface area contributed by atoms with Crippen LogP contribution >= 0.6 is 23.1 Å². The third-order valence-corrected chi connectivity index (χ3v) is 12.3. The normalized spacial score (nSPS) is 28.0. The summed E-state index contributed by atoms with van der Waals surface area (Å²) in [6.07, 6.45) is 0.801. The summed E-state index contributed by atoms with van der Waals surface area (Å²) in [5, 5.41) is 3.78. The van der Waals surface area contributed by atoms with Crippen molar-refractivity contribution in [3.63, 3.8) is 0 Å². The van der Waals surface area contributed by atoms with E-state index >= 15 is 0 Å². The zero-order valence-corrected chi connectivity index (χ0v) is 25.4. The molecule has 7 atom stereocenters. The van der Waals surface area contributed by atoms with Gasteiger partial charge in [0.25, 0.3) is 5.91 Å². The van der Waals surface area contributed by atoms with Gasteiger partial charge in [0, 0.05) is 27.3 Å². The second-order valence-corrected chi connectivity index (χ2v) is 14.3. The lowest BCUT2D eigenvalue weighted by atomic mass is 9.68. The summed E-state index contributed by atoms with van der Waals surface area (Å²) < 4.78 is 6.17. The number of rotatable bonds is 6. The number of nitrogens with zero attached hydrogens (tertiary/aromatic N) is 1. The SMILES string of the molecule is Cc1ccc(NC(=O)COc2ccccc2[C@H]2c3sc(=O)[nH]c3SC3C2[C@H]2C[C@@H]3C3C(=O)N(c4ccccc4)C(=O)C32)cc1. The van der Waals surface area contributed by atoms with Crippen LogP contribution in [0.25, 0.3) is 0 Å². The van der Waals surface area contributed by atoms with E-state index in [4.69, 9.17) is 4.74 Å². The molecule has 3 aromatic carbocycles. The molecule has 3 heterocycles. The molecule has 2 saturated carbocycles. The van der Waals surface area contributed by atoms with Crippen LogP contribution in [0.5, 0.6) is 5.75 Å². The summed E-state index contributed by atoms with van der Waals surface area (Å²) in [5.41, 5.74) is 3.31. The molecule has 4 aromatic rings. The predicted molar refractivity (Wildman–Crippen MR) is 169 cm³/mol. The highest BCUT2D eigenvalue weighted by atomic mass is 32.2. The molecule has 4 unspecified atom stereocenters. The number of carbonyl (C=O) groups excluding carboxylic acids is 3. The number of benzene rings is 3. The van der Waals surface area contributed by atoms with Crippen LogP contribution in [0.3, 0.4) is 0 Å². The Morgan fingerprint density at radius 2 is 1.64 bits per heavy atom. The lowest BCUT2D eigenvalue weighted by Crippen LogP contribution is -2.42. The van der Waals surface area contributed by atoms with E-state index in [2.05, 4.69) is 10.3 Å². The molecular formula is C34H29N3O5S2. The topological polar surface area (TPSA) is 109 Å². The smallest absolute Gasteiger partial charge is 0.305 e. The summed E-state index contributed by atoms with van der Waals surface area (Å²) in [6, 6.07) is 24.4. The third kappa shape index (κ3) is 4.26. The van der Waals surface area contributed by atoms with Gasteiger partial charge in [0.2, 0.25) is 11.8 Å². The Morgan fingerprint density at radius 1 is 0.932 bits per heavy atom. The number of imide groups is 1. The van der Waals surface area contributed by atoms with Gasteiger partial charge in [0.05, 0.1) is 22.5 Å². The number of thioether (sulfide) groups is 1. The standard InChI is InChI=1S/C34H29N3O5S2/c1-17-11-13-18(14-12-17)35-24(38)16-42-23-10-6-5-9-20(23)25-26-21-15-22(29(26)43-31-30(25)44-34(41)36-31)28-27(21)32(39)37(33(28)40)19-7-3-2-4-8-19/h2-14,21-22,25-29H,15-16H2,1H3,(H,35,38)(H,36,41)/t21-,22-,25-,26?,27?,28?,29?/m1/s1. The number of aromatic amines is 1. The number of hydrogen-bond donors (Lipinski definition) is 2. The summed E-state index contributed by atoms with van der Waals surface area (Å²) in [6.45, 7) is 1.81. The fourth-order valence-corrected chi connectivity index (χ4v) is 10.9. The number of amides is 3. The first-order valence-corrected chi connectivity index (χ1v) is 16.5. The second kappa shape index (κ2) is 10.5. The minimum atomic E-state index is -0.386. The van der Waals surface area contributed by atoms with Crippen molar-refractivity contribution in [2.45, 2.75) is 29.5 Å². The Kier molecular flexibility index (Phi) is 6.53. The number of H-pyrrole nitrogens is 1. The lowest BCUT2D eigenvalue weighted by molar-refractivity contribution is -0.123. The summed E-state index contributed by atoms with van der Waals surface area (Å²) in [7, 11) is 0. The van der Waals surface area contributed by atoms with Crippen LogP contribution in [-0.2, 0) is 14.4 Å². The Balaban J connectivity index is 1.12. The van der Waals surface area contributed by atoms with E-state index in [0.29, 0.717) is 17.1 Å². The van der Waals surface area contributed by atoms with E-state index < -0.39 is 0 Å². The van der Waals surface area contributed by atoms with E-state index in [9.17, 15) is 19.2 Å². The number of para-hydroxylation sites is 2. The number of carbonyl (C=O) groups is 3. The van der Waals surface area contributed by atoms with Crippen LogP contribution in [0.1, 0.15) is 28.3 Å². The molecule has 2 aliphatic heterocycles. The van der Waals surface area contributed by atoms with Gasteiger partial charge in [-0.25, -0.2) is 0 Å². The molecule has 3 amide bonds. The van der Waals surface area contributed by atoms with Crippen molar-refractivity contribution < 1.29 is 19.1 Å². The average molecular weight is 624 g/mol. The fraction of sp³-hybridized carbons (Fsp3) is 0.294. The molecule has 4 aliphatic rings. The molecule has 3 fully saturated rings. The third-order valence-electron chi connectivity index (χ3n) is 9.69. The monoisotopic (exact) mass is 623 g/mol. The number of ether oxygens (including phenoxy) is 1. The fourth-order valence-electron chi connectivity index (χ4n) is 8.04. The predicted octanol–water partition coefficient (Wildman–Crippen LogP) is 5.44. The molecule has 1 aromatic heterocycles. The summed E-state index contributed by atoms with van der Waals surface area (Å²) >= 11 is 2.85. The minimum Gasteiger partial charge on any atom is -0.483 e.